The summed E-state index contributed by atoms with van der Waals surface area (Å²) in [5.74, 6) is 0.806. The first-order valence-electron chi connectivity index (χ1n) is 5.92. The maximum absolute atomic E-state index is 5.35. The van der Waals surface area contributed by atoms with Crippen molar-refractivity contribution in [2.75, 3.05) is 7.11 Å². The minimum Gasteiger partial charge on any atom is -0.496 e. The van der Waals surface area contributed by atoms with Crippen LogP contribution in [0.1, 0.15) is 11.1 Å². The van der Waals surface area contributed by atoms with Gasteiger partial charge in [0.1, 0.15) is 5.75 Å². The van der Waals surface area contributed by atoms with Gasteiger partial charge in [0.15, 0.2) is 5.11 Å². The van der Waals surface area contributed by atoms with Crippen molar-refractivity contribution in [3.8, 4) is 5.75 Å². The molecule has 0 bridgehead atoms. The molecule has 0 aliphatic carbocycles. The number of methoxy groups -OCH3 is 1. The Hall–Kier alpha value is -2.41. The Kier molecular flexibility index (Phi) is 4.67. The molecular weight excluding hydrogens is 274 g/mol. The molecule has 7 heteroatoms. The van der Waals surface area contributed by atoms with Crippen LogP contribution in [-0.2, 0) is 6.54 Å². The topological polar surface area (TPSA) is 77.5 Å². The monoisotopic (exact) mass is 289 g/mol. The fourth-order valence-corrected chi connectivity index (χ4v) is 1.79. The maximum atomic E-state index is 5.35. The van der Waals surface area contributed by atoms with E-state index in [0.29, 0.717) is 6.54 Å². The van der Waals surface area contributed by atoms with Crippen molar-refractivity contribution in [2.24, 2.45) is 10.8 Å². The highest BCUT2D eigenvalue weighted by molar-refractivity contribution is 7.80. The molecule has 0 amide bonds. The summed E-state index contributed by atoms with van der Waals surface area (Å²) in [6, 6.07) is 7.65. The first-order chi connectivity index (χ1) is 9.69. The lowest BCUT2D eigenvalue weighted by Gasteiger charge is -2.09. The molecule has 3 N–H and O–H groups in total. The van der Waals surface area contributed by atoms with Crippen LogP contribution < -0.4 is 15.9 Å². The summed E-state index contributed by atoms with van der Waals surface area (Å²) in [6.45, 7) is 0.626. The van der Waals surface area contributed by atoms with Crippen molar-refractivity contribution in [1.29, 1.82) is 0 Å². The van der Waals surface area contributed by atoms with Crippen LogP contribution in [0.3, 0.4) is 0 Å². The molecule has 0 radical (unpaired) electrons. The van der Waals surface area contributed by atoms with Gasteiger partial charge >= 0.3 is 0 Å². The summed E-state index contributed by atoms with van der Waals surface area (Å²) in [5.41, 5.74) is 9.74. The highest BCUT2D eigenvalue weighted by Gasteiger charge is 2.05. The second-order valence-electron chi connectivity index (χ2n) is 4.01. The predicted octanol–water partition coefficient (Wildman–Crippen LogP) is 1.11. The third kappa shape index (κ3) is 3.79. The van der Waals surface area contributed by atoms with Crippen LogP contribution in [0.25, 0.3) is 0 Å². The Bertz CT molecular complexity index is 609. The van der Waals surface area contributed by atoms with Gasteiger partial charge in [-0.25, -0.2) is 0 Å². The highest BCUT2D eigenvalue weighted by atomic mass is 32.1. The van der Waals surface area contributed by atoms with E-state index >= 15 is 0 Å². The summed E-state index contributed by atoms with van der Waals surface area (Å²) in [7, 11) is 1.64. The van der Waals surface area contributed by atoms with Crippen molar-refractivity contribution >= 4 is 23.5 Å². The van der Waals surface area contributed by atoms with Crippen LogP contribution in [0.2, 0.25) is 0 Å². The van der Waals surface area contributed by atoms with Crippen LogP contribution in [0, 0.1) is 0 Å². The van der Waals surface area contributed by atoms with Crippen LogP contribution in [0.4, 0.5) is 0 Å². The number of rotatable bonds is 5. The number of thiocarbonyl (C=S) groups is 1. The number of hydrazone groups is 1. The van der Waals surface area contributed by atoms with Crippen LogP contribution in [-0.4, -0.2) is 28.2 Å². The Morgan fingerprint density at radius 1 is 1.60 bits per heavy atom. The molecule has 0 aliphatic rings. The summed E-state index contributed by atoms with van der Waals surface area (Å²) in [5, 5.41) is 8.24. The first-order valence-corrected chi connectivity index (χ1v) is 6.32. The zero-order valence-corrected chi connectivity index (χ0v) is 11.8. The Labute approximate surface area is 122 Å². The van der Waals surface area contributed by atoms with Crippen LogP contribution >= 0.6 is 12.2 Å². The number of nitrogens with zero attached hydrogens (tertiary/aromatic N) is 3. The van der Waals surface area contributed by atoms with E-state index in [9.17, 15) is 0 Å². The first kappa shape index (κ1) is 14.0. The van der Waals surface area contributed by atoms with Gasteiger partial charge in [-0.1, -0.05) is 0 Å². The maximum Gasteiger partial charge on any atom is 0.184 e. The molecule has 2 aromatic rings. The van der Waals surface area contributed by atoms with Gasteiger partial charge < -0.3 is 10.5 Å². The lowest BCUT2D eigenvalue weighted by Crippen LogP contribution is -2.24. The number of aromatic nitrogens is 2. The third-order valence-electron chi connectivity index (χ3n) is 2.58. The fraction of sp³-hybridized carbons (Fsp3) is 0.154. The normalized spacial score (nSPS) is 10.7. The highest BCUT2D eigenvalue weighted by Crippen LogP contribution is 2.20. The van der Waals surface area contributed by atoms with Gasteiger partial charge in [0.25, 0.3) is 0 Å². The molecule has 0 spiro atoms. The smallest absolute Gasteiger partial charge is 0.184 e. The fourth-order valence-electron chi connectivity index (χ4n) is 1.74. The molecule has 104 valence electrons. The number of hydrogen-bond acceptors (Lipinski definition) is 4. The lowest BCUT2D eigenvalue weighted by atomic mass is 10.1. The zero-order chi connectivity index (χ0) is 14.4. The van der Waals surface area contributed by atoms with Crippen molar-refractivity contribution in [3.05, 3.63) is 47.8 Å². The van der Waals surface area contributed by atoms with Crippen LogP contribution in [0.5, 0.6) is 5.75 Å². The average molecular weight is 289 g/mol. The number of nitrogens with two attached hydrogens (primary N) is 1. The summed E-state index contributed by atoms with van der Waals surface area (Å²) >= 11 is 4.67. The van der Waals surface area contributed by atoms with E-state index in [2.05, 4.69) is 27.8 Å². The van der Waals surface area contributed by atoms with Gasteiger partial charge in [-0.05, 0) is 42.0 Å². The van der Waals surface area contributed by atoms with Crippen molar-refractivity contribution in [3.63, 3.8) is 0 Å². The molecule has 0 fully saturated rings. The molecule has 0 atom stereocenters. The van der Waals surface area contributed by atoms with E-state index < -0.39 is 0 Å². The van der Waals surface area contributed by atoms with Gasteiger partial charge in [-0.15, -0.1) is 0 Å². The molecule has 0 saturated carbocycles. The molecule has 2 rings (SSSR count). The Morgan fingerprint density at radius 3 is 3.10 bits per heavy atom. The van der Waals surface area contributed by atoms with E-state index in [-0.39, 0.29) is 5.11 Å². The largest absolute Gasteiger partial charge is 0.496 e. The standard InChI is InChI=1S/C13H15N5OS/c1-19-12-4-3-10(8-15-17-13(14)20)7-11(12)9-18-6-2-5-16-18/h2-8H,9H2,1H3,(H3,14,17,20). The number of nitrogens with one attached hydrogen (secondary N) is 1. The number of ether oxygens (including phenoxy) is 1. The summed E-state index contributed by atoms with van der Waals surface area (Å²) in [6.07, 6.45) is 5.28. The average Bonchev–Trinajstić information content (AvgIpc) is 2.91. The predicted molar refractivity (Wildman–Crippen MR) is 81.8 cm³/mol. The Morgan fingerprint density at radius 2 is 2.45 bits per heavy atom. The van der Waals surface area contributed by atoms with E-state index in [4.69, 9.17) is 10.5 Å². The van der Waals surface area contributed by atoms with E-state index in [0.717, 1.165) is 16.9 Å². The van der Waals surface area contributed by atoms with Crippen molar-refractivity contribution in [1.82, 2.24) is 15.2 Å². The molecule has 0 unspecified atom stereocenters. The summed E-state index contributed by atoms with van der Waals surface area (Å²) < 4.78 is 7.18. The quantitative estimate of drug-likeness (QED) is 0.490. The molecule has 1 heterocycles. The zero-order valence-electron chi connectivity index (χ0n) is 11.0. The van der Waals surface area contributed by atoms with Gasteiger partial charge in [0.05, 0.1) is 19.9 Å². The number of hydrogen-bond donors (Lipinski definition) is 2. The van der Waals surface area contributed by atoms with Crippen molar-refractivity contribution in [2.45, 2.75) is 6.54 Å². The summed E-state index contributed by atoms with van der Waals surface area (Å²) in [4.78, 5) is 0. The second-order valence-corrected chi connectivity index (χ2v) is 4.45. The number of benzene rings is 1. The molecule has 0 aliphatic heterocycles. The van der Waals surface area contributed by atoms with E-state index in [1.54, 1.807) is 19.5 Å². The molecule has 6 nitrogen and oxygen atoms in total. The molecule has 0 saturated heterocycles. The van der Waals surface area contributed by atoms with Gasteiger partial charge in [0, 0.05) is 18.0 Å². The molecule has 1 aromatic carbocycles. The lowest BCUT2D eigenvalue weighted by molar-refractivity contribution is 0.407. The van der Waals surface area contributed by atoms with Crippen LogP contribution in [0.15, 0.2) is 41.8 Å². The van der Waals surface area contributed by atoms with Gasteiger partial charge in [-0.3, -0.25) is 10.1 Å². The molecule has 20 heavy (non-hydrogen) atoms. The minimum atomic E-state index is 0.131. The van der Waals surface area contributed by atoms with Gasteiger partial charge in [-0.2, -0.15) is 10.2 Å². The molecular formula is C13H15N5OS. The molecule has 1 aromatic heterocycles. The van der Waals surface area contributed by atoms with Crippen molar-refractivity contribution < 1.29 is 4.74 Å². The van der Waals surface area contributed by atoms with E-state index in [1.807, 2.05) is 35.1 Å². The third-order valence-corrected chi connectivity index (χ3v) is 2.68. The van der Waals surface area contributed by atoms with E-state index in [1.165, 1.54) is 0 Å². The Balaban J connectivity index is 2.20. The second kappa shape index (κ2) is 6.67. The minimum absolute atomic E-state index is 0.131. The van der Waals surface area contributed by atoms with Gasteiger partial charge in [0.2, 0.25) is 0 Å². The SMILES string of the molecule is COc1ccc(C=NNC(N)=S)cc1Cn1cccn1.